The molecule has 0 N–H and O–H groups in total. The van der Waals surface area contributed by atoms with Gasteiger partial charge in [0, 0.05) is 18.3 Å². The lowest BCUT2D eigenvalue weighted by Crippen LogP contribution is -2.33. The van der Waals surface area contributed by atoms with Gasteiger partial charge in [0.2, 0.25) is 0 Å². The van der Waals surface area contributed by atoms with E-state index >= 15 is 0 Å². The van der Waals surface area contributed by atoms with Gasteiger partial charge < -0.3 is 14.4 Å². The van der Waals surface area contributed by atoms with E-state index in [0.29, 0.717) is 6.04 Å². The lowest BCUT2D eigenvalue weighted by Gasteiger charge is -2.25. The molecular weight excluding hydrogens is 258 g/mol. The number of benzene rings is 1. The van der Waals surface area contributed by atoms with E-state index in [9.17, 15) is 0 Å². The van der Waals surface area contributed by atoms with Crippen LogP contribution in [-0.2, 0) is 11.2 Å². The van der Waals surface area contributed by atoms with Crippen molar-refractivity contribution in [3.63, 3.8) is 0 Å². The fourth-order valence-electron chi connectivity index (χ4n) is 1.94. The average molecular weight is 283 g/mol. The summed E-state index contributed by atoms with van der Waals surface area (Å²) >= 11 is 4.12. The summed E-state index contributed by atoms with van der Waals surface area (Å²) in [7, 11) is 3.85. The van der Waals surface area contributed by atoms with Gasteiger partial charge in [-0.2, -0.15) is 12.6 Å². The second kappa shape index (κ2) is 9.23. The van der Waals surface area contributed by atoms with Crippen molar-refractivity contribution < 1.29 is 9.47 Å². The maximum absolute atomic E-state index is 5.46. The van der Waals surface area contributed by atoms with Crippen molar-refractivity contribution >= 4 is 12.6 Å². The molecule has 1 aromatic carbocycles. The number of ether oxygens (including phenoxy) is 2. The van der Waals surface area contributed by atoms with Crippen LogP contribution < -0.4 is 4.74 Å². The van der Waals surface area contributed by atoms with E-state index in [4.69, 9.17) is 9.47 Å². The minimum atomic E-state index is 0.455. The molecule has 0 aliphatic carbocycles. The Kier molecular flexibility index (Phi) is 7.94. The number of rotatable bonds is 9. The van der Waals surface area contributed by atoms with Crippen molar-refractivity contribution in [2.75, 3.05) is 39.7 Å². The molecule has 4 heteroatoms. The third kappa shape index (κ3) is 5.85. The molecule has 1 aromatic rings. The van der Waals surface area contributed by atoms with Crippen LogP contribution in [0.2, 0.25) is 0 Å². The molecule has 0 bridgehead atoms. The van der Waals surface area contributed by atoms with E-state index in [1.165, 1.54) is 5.56 Å². The average Bonchev–Trinajstić information content (AvgIpc) is 2.44. The normalized spacial score (nSPS) is 12.7. The first-order valence-corrected chi connectivity index (χ1v) is 7.33. The highest BCUT2D eigenvalue weighted by Crippen LogP contribution is 2.20. The van der Waals surface area contributed by atoms with Gasteiger partial charge in [0.05, 0.1) is 20.3 Å². The van der Waals surface area contributed by atoms with Gasteiger partial charge in [0.25, 0.3) is 0 Å². The Morgan fingerprint density at radius 3 is 2.68 bits per heavy atom. The summed E-state index contributed by atoms with van der Waals surface area (Å²) in [6.45, 7) is 4.64. The van der Waals surface area contributed by atoms with E-state index in [1.807, 2.05) is 12.1 Å². The molecule has 3 nitrogen and oxygen atoms in total. The number of hydrogen-bond acceptors (Lipinski definition) is 4. The van der Waals surface area contributed by atoms with Crippen LogP contribution in [0.4, 0.5) is 0 Å². The van der Waals surface area contributed by atoms with Crippen LogP contribution in [0.5, 0.6) is 5.75 Å². The van der Waals surface area contributed by atoms with Gasteiger partial charge in [-0.25, -0.2) is 0 Å². The van der Waals surface area contributed by atoms with E-state index in [0.717, 1.165) is 37.7 Å². The Labute approximate surface area is 122 Å². The Bertz CT molecular complexity index is 360. The highest BCUT2D eigenvalue weighted by Gasteiger charge is 2.12. The van der Waals surface area contributed by atoms with Crippen LogP contribution >= 0.6 is 12.6 Å². The predicted octanol–water partition coefficient (Wildman–Crippen LogP) is 2.50. The number of thiol groups is 1. The summed E-state index contributed by atoms with van der Waals surface area (Å²) in [4.78, 5) is 2.31. The molecule has 0 fully saturated rings. The van der Waals surface area contributed by atoms with E-state index in [-0.39, 0.29) is 0 Å². The predicted molar refractivity (Wildman–Crippen MR) is 83.5 cm³/mol. The monoisotopic (exact) mass is 283 g/mol. The van der Waals surface area contributed by atoms with Gasteiger partial charge in [-0.1, -0.05) is 18.2 Å². The largest absolute Gasteiger partial charge is 0.496 e. The molecule has 0 aromatic heterocycles. The lowest BCUT2D eigenvalue weighted by molar-refractivity contribution is 0.112. The van der Waals surface area contributed by atoms with Gasteiger partial charge in [0.1, 0.15) is 5.75 Å². The van der Waals surface area contributed by atoms with Crippen molar-refractivity contribution in [3.8, 4) is 5.75 Å². The lowest BCUT2D eigenvalue weighted by atomic mass is 10.1. The number of nitrogens with zero attached hydrogens (tertiary/aromatic N) is 1. The molecule has 0 spiro atoms. The van der Waals surface area contributed by atoms with E-state index in [2.05, 4.69) is 43.6 Å². The van der Waals surface area contributed by atoms with Crippen LogP contribution in [0.15, 0.2) is 24.3 Å². The quantitative estimate of drug-likeness (QED) is 0.556. The van der Waals surface area contributed by atoms with Crippen molar-refractivity contribution in [1.29, 1.82) is 0 Å². The molecule has 1 rings (SSSR count). The van der Waals surface area contributed by atoms with Crippen LogP contribution in [0.1, 0.15) is 12.5 Å². The molecule has 0 amide bonds. The maximum atomic E-state index is 5.46. The van der Waals surface area contributed by atoms with Crippen molar-refractivity contribution in [2.24, 2.45) is 0 Å². The Hall–Kier alpha value is -0.710. The third-order valence-corrected chi connectivity index (χ3v) is 3.47. The van der Waals surface area contributed by atoms with Crippen molar-refractivity contribution in [3.05, 3.63) is 29.8 Å². The topological polar surface area (TPSA) is 21.7 Å². The second-order valence-corrected chi connectivity index (χ2v) is 5.13. The van der Waals surface area contributed by atoms with Gasteiger partial charge in [0.15, 0.2) is 0 Å². The number of methoxy groups -OCH3 is 1. The highest BCUT2D eigenvalue weighted by molar-refractivity contribution is 7.80. The Balaban J connectivity index is 2.42. The van der Waals surface area contributed by atoms with Gasteiger partial charge in [-0.3, -0.25) is 0 Å². The first-order chi connectivity index (χ1) is 9.19. The number of hydrogen-bond donors (Lipinski definition) is 1. The van der Waals surface area contributed by atoms with Gasteiger partial charge >= 0.3 is 0 Å². The summed E-state index contributed by atoms with van der Waals surface area (Å²) in [5, 5.41) is 0. The fraction of sp³-hybridized carbons (Fsp3) is 0.600. The standard InChI is InChI=1S/C15H25NO2S/c1-13(16(2)8-9-18-10-11-19)12-14-6-4-5-7-15(14)17-3/h4-7,13,19H,8-12H2,1-3H3. The molecule has 0 heterocycles. The summed E-state index contributed by atoms with van der Waals surface area (Å²) in [5.74, 6) is 1.74. The highest BCUT2D eigenvalue weighted by atomic mass is 32.1. The molecule has 1 atom stereocenters. The molecule has 0 aliphatic heterocycles. The van der Waals surface area contributed by atoms with Crippen LogP contribution in [0.25, 0.3) is 0 Å². The Morgan fingerprint density at radius 2 is 2.00 bits per heavy atom. The maximum Gasteiger partial charge on any atom is 0.122 e. The Morgan fingerprint density at radius 1 is 1.26 bits per heavy atom. The summed E-state index contributed by atoms with van der Waals surface area (Å²) in [6, 6.07) is 8.65. The molecular formula is C15H25NO2S. The molecule has 0 saturated carbocycles. The minimum Gasteiger partial charge on any atom is -0.496 e. The minimum absolute atomic E-state index is 0.455. The van der Waals surface area contributed by atoms with Crippen LogP contribution in [0, 0.1) is 0 Å². The van der Waals surface area contributed by atoms with Crippen LogP contribution in [-0.4, -0.2) is 50.6 Å². The molecule has 1 unspecified atom stereocenters. The van der Waals surface area contributed by atoms with Crippen molar-refractivity contribution in [2.45, 2.75) is 19.4 Å². The van der Waals surface area contributed by atoms with E-state index in [1.54, 1.807) is 7.11 Å². The number of likely N-dealkylation sites (N-methyl/N-ethyl adjacent to an activating group) is 1. The summed E-state index contributed by atoms with van der Waals surface area (Å²) < 4.78 is 10.8. The second-order valence-electron chi connectivity index (χ2n) is 4.68. The third-order valence-electron chi connectivity index (χ3n) is 3.28. The van der Waals surface area contributed by atoms with Crippen LogP contribution in [0.3, 0.4) is 0 Å². The zero-order valence-corrected chi connectivity index (χ0v) is 13.0. The fourth-order valence-corrected chi connectivity index (χ4v) is 2.07. The first kappa shape index (κ1) is 16.3. The van der Waals surface area contributed by atoms with Crippen molar-refractivity contribution in [1.82, 2.24) is 4.90 Å². The van der Waals surface area contributed by atoms with Gasteiger partial charge in [-0.05, 0) is 32.0 Å². The van der Waals surface area contributed by atoms with E-state index < -0.39 is 0 Å². The zero-order chi connectivity index (χ0) is 14.1. The smallest absolute Gasteiger partial charge is 0.122 e. The summed E-state index contributed by atoms with van der Waals surface area (Å²) in [6.07, 6.45) is 0.979. The molecule has 108 valence electrons. The SMILES string of the molecule is COc1ccccc1CC(C)N(C)CCOCCS. The molecule has 19 heavy (non-hydrogen) atoms. The molecule has 0 saturated heterocycles. The first-order valence-electron chi connectivity index (χ1n) is 6.69. The zero-order valence-electron chi connectivity index (χ0n) is 12.1. The van der Waals surface area contributed by atoms with Gasteiger partial charge in [-0.15, -0.1) is 0 Å². The number of para-hydroxylation sites is 1. The molecule has 0 radical (unpaired) electrons. The summed E-state index contributed by atoms with van der Waals surface area (Å²) in [5.41, 5.74) is 1.25. The molecule has 0 aliphatic rings.